The molecule has 1 aliphatic rings. The minimum atomic E-state index is -0.716. The first-order valence-electron chi connectivity index (χ1n) is 10.7. The molecule has 1 heterocycles. The van der Waals surface area contributed by atoms with Gasteiger partial charge in [-0.1, -0.05) is 61.4 Å². The highest BCUT2D eigenvalue weighted by Crippen LogP contribution is 2.32. The number of hydrogen-bond donors (Lipinski definition) is 2. The molecule has 2 aromatic rings. The van der Waals surface area contributed by atoms with E-state index in [1.54, 1.807) is 6.82 Å². The molecule has 0 amide bonds. The normalized spacial score (nSPS) is 16.9. The molecule has 1 saturated heterocycles. The molecule has 0 aromatic heterocycles. The van der Waals surface area contributed by atoms with Gasteiger partial charge in [0.1, 0.15) is 0 Å². The second kappa shape index (κ2) is 10.6. The van der Waals surface area contributed by atoms with E-state index >= 15 is 0 Å². The summed E-state index contributed by atoms with van der Waals surface area (Å²) in [7, 11) is 0. The minimum Gasteiger partial charge on any atom is -0.481 e. The predicted octanol–water partition coefficient (Wildman–Crippen LogP) is 4.64. The molecule has 2 N–H and O–H groups in total. The van der Waals surface area contributed by atoms with Gasteiger partial charge in [-0.3, -0.25) is 4.79 Å². The van der Waals surface area contributed by atoms with E-state index in [0.717, 1.165) is 19.3 Å². The lowest BCUT2D eigenvalue weighted by Crippen LogP contribution is -2.31. The SMILES string of the molecule is CB(O)C[C@H](Cc1ccc(-c2ccccc2)cc1)CC(C(=O)O)C1CCOCC1. The van der Waals surface area contributed by atoms with Crippen LogP contribution in [0.5, 0.6) is 0 Å². The van der Waals surface area contributed by atoms with Crippen molar-refractivity contribution >= 4 is 12.9 Å². The Morgan fingerprint density at radius 2 is 1.69 bits per heavy atom. The van der Waals surface area contributed by atoms with Gasteiger partial charge in [0.25, 0.3) is 6.92 Å². The summed E-state index contributed by atoms with van der Waals surface area (Å²) in [6, 6.07) is 18.8. The smallest absolute Gasteiger partial charge is 0.306 e. The molecule has 4 nitrogen and oxygen atoms in total. The lowest BCUT2D eigenvalue weighted by Gasteiger charge is -2.30. The van der Waals surface area contributed by atoms with Crippen LogP contribution in [0, 0.1) is 17.8 Å². The third-order valence-electron chi connectivity index (χ3n) is 6.00. The molecule has 29 heavy (non-hydrogen) atoms. The summed E-state index contributed by atoms with van der Waals surface area (Å²) in [4.78, 5) is 12.0. The number of rotatable bonds is 9. The van der Waals surface area contributed by atoms with E-state index in [4.69, 9.17) is 4.74 Å². The van der Waals surface area contributed by atoms with Crippen LogP contribution in [0.4, 0.5) is 0 Å². The van der Waals surface area contributed by atoms with Crippen molar-refractivity contribution in [3.8, 4) is 11.1 Å². The van der Waals surface area contributed by atoms with Crippen LogP contribution in [0.25, 0.3) is 11.1 Å². The average Bonchev–Trinajstić information content (AvgIpc) is 2.73. The van der Waals surface area contributed by atoms with Gasteiger partial charge in [-0.05, 0) is 60.5 Å². The molecule has 0 radical (unpaired) electrons. The van der Waals surface area contributed by atoms with Gasteiger partial charge in [0, 0.05) is 13.2 Å². The molecule has 1 aliphatic heterocycles. The van der Waals surface area contributed by atoms with Crippen LogP contribution in [0.3, 0.4) is 0 Å². The van der Waals surface area contributed by atoms with Crippen molar-refractivity contribution in [2.45, 2.75) is 38.8 Å². The van der Waals surface area contributed by atoms with Gasteiger partial charge < -0.3 is 14.9 Å². The zero-order chi connectivity index (χ0) is 20.6. The zero-order valence-electron chi connectivity index (χ0n) is 17.2. The maximum Gasteiger partial charge on any atom is 0.306 e. The van der Waals surface area contributed by atoms with Crippen LogP contribution >= 0.6 is 0 Å². The molecule has 0 bridgehead atoms. The fraction of sp³-hybridized carbons (Fsp3) is 0.458. The summed E-state index contributed by atoms with van der Waals surface area (Å²) < 4.78 is 5.41. The van der Waals surface area contributed by atoms with Crippen LogP contribution in [0.1, 0.15) is 24.8 Å². The second-order valence-corrected chi connectivity index (χ2v) is 8.35. The van der Waals surface area contributed by atoms with E-state index in [1.807, 2.05) is 18.2 Å². The van der Waals surface area contributed by atoms with Crippen LogP contribution in [0.2, 0.25) is 13.1 Å². The Bertz CT molecular complexity index is 754. The van der Waals surface area contributed by atoms with Crippen molar-refractivity contribution in [2.75, 3.05) is 13.2 Å². The van der Waals surface area contributed by atoms with Gasteiger partial charge in [-0.2, -0.15) is 0 Å². The Morgan fingerprint density at radius 3 is 2.28 bits per heavy atom. The second-order valence-electron chi connectivity index (χ2n) is 8.35. The molecule has 2 atom stereocenters. The average molecular weight is 394 g/mol. The molecule has 0 spiro atoms. The molecule has 2 aromatic carbocycles. The molecule has 1 unspecified atom stereocenters. The summed E-state index contributed by atoms with van der Waals surface area (Å²) >= 11 is 0. The molecular weight excluding hydrogens is 363 g/mol. The maximum atomic E-state index is 12.0. The molecular formula is C24H31BO4. The highest BCUT2D eigenvalue weighted by Gasteiger charge is 2.32. The summed E-state index contributed by atoms with van der Waals surface area (Å²) in [5, 5.41) is 19.8. The Labute approximate surface area is 174 Å². The van der Waals surface area contributed by atoms with Gasteiger partial charge >= 0.3 is 5.97 Å². The first-order chi connectivity index (χ1) is 14.0. The van der Waals surface area contributed by atoms with E-state index in [2.05, 4.69) is 36.4 Å². The Morgan fingerprint density at radius 1 is 1.07 bits per heavy atom. The maximum absolute atomic E-state index is 12.0. The van der Waals surface area contributed by atoms with E-state index in [1.165, 1.54) is 16.7 Å². The fourth-order valence-corrected chi connectivity index (χ4v) is 4.51. The van der Waals surface area contributed by atoms with Crippen molar-refractivity contribution in [1.82, 2.24) is 0 Å². The van der Waals surface area contributed by atoms with Crippen molar-refractivity contribution < 1.29 is 19.7 Å². The lowest BCUT2D eigenvalue weighted by atomic mass is 9.61. The predicted molar refractivity (Wildman–Crippen MR) is 117 cm³/mol. The van der Waals surface area contributed by atoms with Gasteiger partial charge in [0.2, 0.25) is 0 Å². The van der Waals surface area contributed by atoms with Gasteiger partial charge in [0.15, 0.2) is 0 Å². The summed E-state index contributed by atoms with van der Waals surface area (Å²) in [6.45, 7) is 2.65. The van der Waals surface area contributed by atoms with Crippen molar-refractivity contribution in [3.05, 3.63) is 60.2 Å². The van der Waals surface area contributed by atoms with Gasteiger partial charge in [-0.25, -0.2) is 0 Å². The minimum absolute atomic E-state index is 0.140. The molecule has 1 fully saturated rings. The first kappa shape index (κ1) is 21.6. The van der Waals surface area contributed by atoms with E-state index in [0.29, 0.717) is 26.0 Å². The highest BCUT2D eigenvalue weighted by atomic mass is 16.5. The van der Waals surface area contributed by atoms with Crippen LogP contribution in [-0.4, -0.2) is 36.2 Å². The third kappa shape index (κ3) is 6.45. The van der Waals surface area contributed by atoms with Crippen LogP contribution in [-0.2, 0) is 16.0 Å². The molecule has 3 rings (SSSR count). The lowest BCUT2D eigenvalue weighted by molar-refractivity contribution is -0.145. The number of hydrogen-bond acceptors (Lipinski definition) is 3. The van der Waals surface area contributed by atoms with E-state index in [9.17, 15) is 14.9 Å². The Balaban J connectivity index is 1.70. The van der Waals surface area contributed by atoms with E-state index < -0.39 is 12.9 Å². The summed E-state index contributed by atoms with van der Waals surface area (Å²) in [6.07, 6.45) is 3.63. The topological polar surface area (TPSA) is 66.8 Å². The van der Waals surface area contributed by atoms with Crippen molar-refractivity contribution in [3.63, 3.8) is 0 Å². The Kier molecular flexibility index (Phi) is 7.90. The number of carbonyl (C=O) groups is 1. The molecule has 5 heteroatoms. The number of carboxylic acid groups (broad SMARTS) is 1. The Hall–Kier alpha value is -2.11. The number of benzene rings is 2. The van der Waals surface area contributed by atoms with Gasteiger partial charge in [-0.15, -0.1) is 0 Å². The first-order valence-corrected chi connectivity index (χ1v) is 10.7. The van der Waals surface area contributed by atoms with Crippen molar-refractivity contribution in [1.29, 1.82) is 0 Å². The standard InChI is InChI=1S/C24H31BO4/c1-25(28)17-19(16-23(24(26)27)22-11-13-29-14-12-22)15-18-7-9-21(10-8-18)20-5-3-2-4-6-20/h2-10,19,22-23,28H,11-17H2,1H3,(H,26,27)/t19-,23?/m1/s1. The van der Waals surface area contributed by atoms with Crippen molar-refractivity contribution in [2.24, 2.45) is 17.8 Å². The monoisotopic (exact) mass is 394 g/mol. The zero-order valence-corrected chi connectivity index (χ0v) is 17.2. The van der Waals surface area contributed by atoms with Gasteiger partial charge in [0.05, 0.1) is 5.92 Å². The third-order valence-corrected chi connectivity index (χ3v) is 6.00. The number of ether oxygens (including phenoxy) is 1. The largest absolute Gasteiger partial charge is 0.481 e. The van der Waals surface area contributed by atoms with Crippen LogP contribution in [0.15, 0.2) is 54.6 Å². The van der Waals surface area contributed by atoms with Crippen LogP contribution < -0.4 is 0 Å². The molecule has 0 saturated carbocycles. The molecule has 0 aliphatic carbocycles. The summed E-state index contributed by atoms with van der Waals surface area (Å²) in [5.74, 6) is -0.780. The highest BCUT2D eigenvalue weighted by molar-refractivity contribution is 6.48. The molecule has 154 valence electrons. The number of carboxylic acids is 1. The quantitative estimate of drug-likeness (QED) is 0.608. The van der Waals surface area contributed by atoms with E-state index in [-0.39, 0.29) is 17.8 Å². The fourth-order valence-electron chi connectivity index (χ4n) is 4.51. The summed E-state index contributed by atoms with van der Waals surface area (Å²) in [5.41, 5.74) is 3.54. The number of aliphatic carboxylic acids is 1.